The lowest BCUT2D eigenvalue weighted by atomic mass is 10.7. The molecule has 0 fully saturated rings. The molecule has 0 bridgehead atoms. The Morgan fingerprint density at radius 3 is 1.90 bits per heavy atom. The minimum absolute atomic E-state index is 0.0446. The summed E-state index contributed by atoms with van der Waals surface area (Å²) in [7, 11) is 0. The molecule has 4 N–H and O–H groups in total. The first-order valence-electron chi connectivity index (χ1n) is 5.49. The van der Waals surface area contributed by atoms with E-state index in [9.17, 15) is 4.91 Å². The number of aromatic nitrogens is 10. The summed E-state index contributed by atoms with van der Waals surface area (Å²) in [5.74, 6) is 0.997. The maximum atomic E-state index is 10.2. The average molecular weight is 289 g/mol. The van der Waals surface area contributed by atoms with Gasteiger partial charge in [-0.15, -0.1) is 35.5 Å². The molecule has 21 heavy (non-hydrogen) atoms. The fourth-order valence-corrected chi connectivity index (χ4v) is 1.28. The summed E-state index contributed by atoms with van der Waals surface area (Å²) in [6, 6.07) is 0. The fourth-order valence-electron chi connectivity index (χ4n) is 1.28. The molecule has 106 valence electrons. The molecule has 3 rings (SSSR count). The number of rotatable bonds is 5. The summed E-state index contributed by atoms with van der Waals surface area (Å²) in [6.07, 6.45) is 0. The van der Waals surface area contributed by atoms with E-state index in [-0.39, 0.29) is 23.8 Å². The van der Waals surface area contributed by atoms with E-state index in [1.807, 2.05) is 0 Å². The van der Waals surface area contributed by atoms with E-state index in [0.717, 1.165) is 0 Å². The maximum absolute atomic E-state index is 10.2. The molecule has 14 heteroatoms. The molecule has 0 aromatic carbocycles. The van der Waals surface area contributed by atoms with Crippen LogP contribution < -0.4 is 10.6 Å². The van der Waals surface area contributed by atoms with Gasteiger partial charge in [-0.3, -0.25) is 15.7 Å². The molecule has 0 radical (unpaired) electrons. The van der Waals surface area contributed by atoms with Gasteiger partial charge in [-0.05, 0) is 6.92 Å². The second-order valence-electron chi connectivity index (χ2n) is 3.62. The molecule has 14 nitrogen and oxygen atoms in total. The van der Waals surface area contributed by atoms with Crippen LogP contribution in [0.25, 0.3) is 0 Å². The Morgan fingerprint density at radius 2 is 1.43 bits per heavy atom. The molecule has 3 heterocycles. The second-order valence-corrected chi connectivity index (χ2v) is 3.62. The Labute approximate surface area is 115 Å². The van der Waals surface area contributed by atoms with Crippen molar-refractivity contribution >= 4 is 29.7 Å². The van der Waals surface area contributed by atoms with Gasteiger partial charge in [0.05, 0.1) is 0 Å². The van der Waals surface area contributed by atoms with Crippen molar-refractivity contribution in [3.63, 3.8) is 0 Å². The number of aromatic amines is 2. The lowest BCUT2D eigenvalue weighted by Gasteiger charge is -1.99. The second kappa shape index (κ2) is 5.19. The lowest BCUT2D eigenvalue weighted by Crippen LogP contribution is -2.06. The highest BCUT2D eigenvalue weighted by molar-refractivity contribution is 5.44. The van der Waals surface area contributed by atoms with Crippen LogP contribution >= 0.6 is 0 Å². The van der Waals surface area contributed by atoms with Crippen LogP contribution in [-0.4, -0.2) is 50.8 Å². The van der Waals surface area contributed by atoms with Crippen molar-refractivity contribution in [2.45, 2.75) is 6.92 Å². The lowest BCUT2D eigenvalue weighted by molar-refractivity contribution is 0.869. The van der Waals surface area contributed by atoms with Crippen LogP contribution in [0, 0.1) is 11.8 Å². The first-order chi connectivity index (χ1) is 10.2. The zero-order valence-electron chi connectivity index (χ0n) is 10.4. The number of H-pyrrole nitrogens is 2. The van der Waals surface area contributed by atoms with E-state index < -0.39 is 0 Å². The molecule has 0 unspecified atom stereocenters. The van der Waals surface area contributed by atoms with Gasteiger partial charge in [0.25, 0.3) is 23.8 Å². The number of nitrogens with one attached hydrogen (secondary N) is 4. The topological polar surface area (TPSA) is 188 Å². The predicted molar refractivity (Wildman–Crippen MR) is 67.1 cm³/mol. The third-order valence-electron chi connectivity index (χ3n) is 2.08. The van der Waals surface area contributed by atoms with Gasteiger partial charge in [-0.1, -0.05) is 0 Å². The maximum Gasteiger partial charge on any atom is 0.288 e. The van der Waals surface area contributed by atoms with Gasteiger partial charge in [0, 0.05) is 5.18 Å². The zero-order chi connectivity index (χ0) is 14.7. The van der Waals surface area contributed by atoms with Crippen molar-refractivity contribution in [1.29, 1.82) is 0 Å². The Hall–Kier alpha value is -3.58. The van der Waals surface area contributed by atoms with Crippen molar-refractivity contribution in [3.8, 4) is 0 Å². The van der Waals surface area contributed by atoms with Crippen molar-refractivity contribution in [2.24, 2.45) is 5.18 Å². The molecule has 0 saturated heterocycles. The number of aryl methyl sites for hydroxylation is 1. The molecular weight excluding hydrogens is 282 g/mol. The molecule has 0 aliphatic carbocycles. The van der Waals surface area contributed by atoms with Crippen LogP contribution in [-0.2, 0) is 0 Å². The first kappa shape index (κ1) is 12.5. The van der Waals surface area contributed by atoms with Crippen LogP contribution in [0.5, 0.6) is 0 Å². The van der Waals surface area contributed by atoms with Gasteiger partial charge >= 0.3 is 0 Å². The highest BCUT2D eigenvalue weighted by Gasteiger charge is 2.08. The van der Waals surface area contributed by atoms with Gasteiger partial charge in [0.1, 0.15) is 5.82 Å². The highest BCUT2D eigenvalue weighted by atomic mass is 16.3. The van der Waals surface area contributed by atoms with E-state index in [2.05, 4.69) is 66.6 Å². The Kier molecular flexibility index (Phi) is 3.08. The van der Waals surface area contributed by atoms with Crippen LogP contribution in [0.4, 0.5) is 29.7 Å². The van der Waals surface area contributed by atoms with Crippen LogP contribution in [0.2, 0.25) is 0 Å². The number of nitroso groups, excluding NO2 is 1. The van der Waals surface area contributed by atoms with Gasteiger partial charge in [0.15, 0.2) is 0 Å². The molecule has 0 aliphatic heterocycles. The quantitative estimate of drug-likeness (QED) is 0.451. The van der Waals surface area contributed by atoms with Crippen molar-refractivity contribution in [2.75, 3.05) is 10.6 Å². The molecule has 0 amide bonds. The number of hydrogen-bond donors (Lipinski definition) is 4. The molecule has 3 aromatic rings. The zero-order valence-corrected chi connectivity index (χ0v) is 10.4. The standard InChI is InChI=1S/C7H7N13O/c1-2-8-3(13-12-2)9-5-15-17-6(18-16-5)10-4-11-7(20-21)19-14-4/h1H3,(H2,8,9,12,13,15,16)(H2,10,11,14,17,18,19). The summed E-state index contributed by atoms with van der Waals surface area (Å²) in [4.78, 5) is 17.9. The van der Waals surface area contributed by atoms with Gasteiger partial charge in [-0.25, -0.2) is 5.10 Å². The summed E-state index contributed by atoms with van der Waals surface area (Å²) >= 11 is 0. The fraction of sp³-hybridized carbons (Fsp3) is 0.143. The van der Waals surface area contributed by atoms with Crippen LogP contribution in [0.1, 0.15) is 5.82 Å². The molecule has 0 saturated carbocycles. The Morgan fingerprint density at radius 1 is 0.857 bits per heavy atom. The first-order valence-corrected chi connectivity index (χ1v) is 5.49. The van der Waals surface area contributed by atoms with Gasteiger partial charge in [0.2, 0.25) is 5.95 Å². The third kappa shape index (κ3) is 2.88. The molecule has 0 aliphatic rings. The molecule has 0 spiro atoms. The normalized spacial score (nSPS) is 10.3. The molecule has 0 atom stereocenters. The van der Waals surface area contributed by atoms with E-state index in [4.69, 9.17) is 0 Å². The summed E-state index contributed by atoms with van der Waals surface area (Å²) in [5, 5.41) is 35.3. The summed E-state index contributed by atoms with van der Waals surface area (Å²) < 4.78 is 0. The van der Waals surface area contributed by atoms with Crippen molar-refractivity contribution in [3.05, 3.63) is 10.7 Å². The van der Waals surface area contributed by atoms with E-state index in [1.165, 1.54) is 0 Å². The molecule has 3 aromatic heterocycles. The van der Waals surface area contributed by atoms with Crippen LogP contribution in [0.3, 0.4) is 0 Å². The number of nitrogens with zero attached hydrogens (tertiary/aromatic N) is 9. The number of hydrogen-bond acceptors (Lipinski definition) is 12. The number of anilines is 4. The van der Waals surface area contributed by atoms with Crippen molar-refractivity contribution < 1.29 is 0 Å². The van der Waals surface area contributed by atoms with Gasteiger partial charge < -0.3 is 0 Å². The average Bonchev–Trinajstić information content (AvgIpc) is 3.10. The minimum atomic E-state index is -0.170. The summed E-state index contributed by atoms with van der Waals surface area (Å²) in [6.45, 7) is 1.75. The minimum Gasteiger partial charge on any atom is -0.289 e. The third-order valence-corrected chi connectivity index (χ3v) is 2.08. The largest absolute Gasteiger partial charge is 0.289 e. The van der Waals surface area contributed by atoms with E-state index in [1.54, 1.807) is 6.92 Å². The SMILES string of the molecule is Cc1nc(Nc2nnc(Nc3n[nH]c(N=O)n3)nn2)n[nH]1. The highest BCUT2D eigenvalue weighted by Crippen LogP contribution is 2.10. The Balaban J connectivity index is 1.67. The predicted octanol–water partition coefficient (Wildman–Crippen LogP) is -0.304. The summed E-state index contributed by atoms with van der Waals surface area (Å²) in [5.41, 5.74) is 0. The monoisotopic (exact) mass is 289 g/mol. The van der Waals surface area contributed by atoms with Gasteiger partial charge in [-0.2, -0.15) is 9.97 Å². The van der Waals surface area contributed by atoms with E-state index >= 15 is 0 Å². The molecular formula is C7H7N13O. The smallest absolute Gasteiger partial charge is 0.288 e. The Bertz CT molecular complexity index is 744. The van der Waals surface area contributed by atoms with Crippen molar-refractivity contribution in [1.82, 2.24) is 50.8 Å². The van der Waals surface area contributed by atoms with Crippen LogP contribution in [0.15, 0.2) is 5.18 Å². The van der Waals surface area contributed by atoms with E-state index in [0.29, 0.717) is 11.8 Å².